The van der Waals surface area contributed by atoms with Crippen molar-refractivity contribution in [3.05, 3.63) is 57.9 Å². The third kappa shape index (κ3) is 9.43. The van der Waals surface area contributed by atoms with Crippen molar-refractivity contribution < 1.29 is 9.53 Å². The van der Waals surface area contributed by atoms with E-state index in [1.807, 2.05) is 25.1 Å². The van der Waals surface area contributed by atoms with Crippen molar-refractivity contribution in [2.24, 2.45) is 15.9 Å². The van der Waals surface area contributed by atoms with Crippen LogP contribution < -0.4 is 20.7 Å². The first-order valence-electron chi connectivity index (χ1n) is 13.8. The van der Waals surface area contributed by atoms with Gasteiger partial charge >= 0.3 is 6.03 Å². The Balaban J connectivity index is 1.51. The maximum atomic E-state index is 11.5. The highest BCUT2D eigenvalue weighted by Gasteiger charge is 2.21. The van der Waals surface area contributed by atoms with E-state index in [1.54, 1.807) is 19.3 Å². The number of carbonyl (C=O) groups is 1. The lowest BCUT2D eigenvalue weighted by molar-refractivity contribution is 0.175. The summed E-state index contributed by atoms with van der Waals surface area (Å²) in [6, 6.07) is 9.26. The van der Waals surface area contributed by atoms with E-state index in [0.29, 0.717) is 40.1 Å². The SMILES string of the molecule is C=N/C(=N\C=C(/C)Oc1cc(CN2CCC(CNC(=O)NC)CC2)cc(-c2cc(Cl)cc(Cl)c2)n1)N1CCNCC1. The zero-order valence-electron chi connectivity index (χ0n) is 23.6. The van der Waals surface area contributed by atoms with Crippen molar-refractivity contribution in [1.82, 2.24) is 30.7 Å². The molecular formula is C29H38Cl2N8O2. The highest BCUT2D eigenvalue weighted by molar-refractivity contribution is 6.35. The van der Waals surface area contributed by atoms with Gasteiger partial charge in [-0.05, 0) is 75.3 Å². The minimum absolute atomic E-state index is 0.138. The molecule has 10 nitrogen and oxygen atoms in total. The van der Waals surface area contributed by atoms with Crippen LogP contribution in [0.3, 0.4) is 0 Å². The van der Waals surface area contributed by atoms with Gasteiger partial charge in [-0.1, -0.05) is 23.2 Å². The van der Waals surface area contributed by atoms with Crippen LogP contribution in [0, 0.1) is 5.92 Å². The second kappa shape index (κ2) is 15.2. The lowest BCUT2D eigenvalue weighted by Crippen LogP contribution is -2.45. The quantitative estimate of drug-likeness (QED) is 0.235. The lowest BCUT2D eigenvalue weighted by atomic mass is 9.96. The van der Waals surface area contributed by atoms with E-state index in [-0.39, 0.29) is 6.03 Å². The van der Waals surface area contributed by atoms with Gasteiger partial charge in [-0.15, -0.1) is 0 Å². The van der Waals surface area contributed by atoms with Gasteiger partial charge in [0.2, 0.25) is 11.8 Å². The van der Waals surface area contributed by atoms with Gasteiger partial charge in [0.25, 0.3) is 0 Å². The van der Waals surface area contributed by atoms with Crippen molar-refractivity contribution in [2.45, 2.75) is 26.3 Å². The highest BCUT2D eigenvalue weighted by atomic mass is 35.5. The Kier molecular flexibility index (Phi) is 11.4. The fourth-order valence-corrected chi connectivity index (χ4v) is 5.44. The molecular weight excluding hydrogens is 563 g/mol. The third-order valence-electron chi connectivity index (χ3n) is 7.08. The van der Waals surface area contributed by atoms with Crippen LogP contribution in [0.15, 0.2) is 52.3 Å². The fourth-order valence-electron chi connectivity index (χ4n) is 4.91. The number of hydrogen-bond acceptors (Lipinski definition) is 6. The predicted molar refractivity (Wildman–Crippen MR) is 166 cm³/mol. The number of piperidine rings is 1. The van der Waals surface area contributed by atoms with Crippen LogP contribution in [0.25, 0.3) is 11.3 Å². The van der Waals surface area contributed by atoms with Gasteiger partial charge in [-0.3, -0.25) is 4.90 Å². The molecule has 1 aromatic heterocycles. The molecule has 0 atom stereocenters. The smallest absolute Gasteiger partial charge is 0.314 e. The highest BCUT2D eigenvalue weighted by Crippen LogP contribution is 2.30. The standard InChI is InChI=1S/C29H38Cl2N8O2/c1-20(17-35-28(32-2)39-10-6-34-7-11-39)41-27-13-22(12-26(37-27)23-14-24(30)16-25(31)15-23)19-38-8-4-21(5-9-38)18-36-29(40)33-3/h12-17,21,34H,2,4-11,18-19H2,1,3H3,(H2,33,36,40)/b20-17+,35-28+. The number of carbonyl (C=O) groups excluding carboxylic acids is 1. The molecule has 4 rings (SSSR count). The number of piperazine rings is 1. The van der Waals surface area contributed by atoms with Crippen LogP contribution in [0.5, 0.6) is 5.88 Å². The first kappa shape index (κ1) is 30.8. The second-order valence-corrected chi connectivity index (χ2v) is 11.1. The van der Waals surface area contributed by atoms with E-state index < -0.39 is 0 Å². The number of rotatable bonds is 8. The molecule has 2 amide bonds. The Morgan fingerprint density at radius 3 is 2.51 bits per heavy atom. The summed E-state index contributed by atoms with van der Waals surface area (Å²) in [4.78, 5) is 29.4. The van der Waals surface area contributed by atoms with E-state index in [2.05, 4.69) is 48.5 Å². The maximum Gasteiger partial charge on any atom is 0.314 e. The molecule has 3 N–H and O–H groups in total. The number of hydrogen-bond donors (Lipinski definition) is 3. The van der Waals surface area contributed by atoms with Crippen LogP contribution in [0.4, 0.5) is 4.79 Å². The molecule has 220 valence electrons. The average Bonchev–Trinajstić information content (AvgIpc) is 2.97. The number of allylic oxidation sites excluding steroid dienone is 1. The number of aliphatic imine (C=N–C) groups is 2. The van der Waals surface area contributed by atoms with Crippen LogP contribution >= 0.6 is 23.2 Å². The fraction of sp³-hybridized carbons (Fsp3) is 0.448. The Labute approximate surface area is 251 Å². The summed E-state index contributed by atoms with van der Waals surface area (Å²) in [6.07, 6.45) is 3.68. The van der Waals surface area contributed by atoms with Gasteiger partial charge in [0.05, 0.1) is 11.9 Å². The molecule has 0 saturated carbocycles. The first-order chi connectivity index (χ1) is 19.8. The Morgan fingerprint density at radius 1 is 1.15 bits per heavy atom. The zero-order chi connectivity index (χ0) is 29.2. The van der Waals surface area contributed by atoms with E-state index >= 15 is 0 Å². The molecule has 0 bridgehead atoms. The molecule has 41 heavy (non-hydrogen) atoms. The number of nitrogens with zero attached hydrogens (tertiary/aromatic N) is 5. The van der Waals surface area contributed by atoms with Crippen LogP contribution in [0.2, 0.25) is 10.0 Å². The number of halogens is 2. The van der Waals surface area contributed by atoms with Crippen molar-refractivity contribution in [1.29, 1.82) is 0 Å². The summed E-state index contributed by atoms with van der Waals surface area (Å²) < 4.78 is 6.15. The number of likely N-dealkylation sites (tertiary alicyclic amines) is 1. The maximum absolute atomic E-state index is 11.5. The number of urea groups is 1. The Bertz CT molecular complexity index is 1250. The van der Waals surface area contributed by atoms with Gasteiger partial charge in [0.15, 0.2) is 0 Å². The molecule has 12 heteroatoms. The van der Waals surface area contributed by atoms with Crippen molar-refractivity contribution >= 4 is 41.9 Å². The zero-order valence-corrected chi connectivity index (χ0v) is 25.1. The van der Waals surface area contributed by atoms with Crippen molar-refractivity contribution in [3.8, 4) is 17.1 Å². The first-order valence-corrected chi connectivity index (χ1v) is 14.6. The molecule has 0 radical (unpaired) electrons. The largest absolute Gasteiger partial charge is 0.442 e. The van der Waals surface area contributed by atoms with Crippen molar-refractivity contribution in [3.63, 3.8) is 0 Å². The molecule has 2 aromatic rings. The Hall–Kier alpha value is -3.18. The number of nitrogens with one attached hydrogen (secondary N) is 3. The molecule has 2 fully saturated rings. The molecule has 2 aliphatic heterocycles. The summed E-state index contributed by atoms with van der Waals surface area (Å²) >= 11 is 12.6. The lowest BCUT2D eigenvalue weighted by Gasteiger charge is -2.32. The number of guanidine groups is 1. The van der Waals surface area contributed by atoms with Gasteiger partial charge < -0.3 is 25.6 Å². The van der Waals surface area contributed by atoms with Crippen LogP contribution in [-0.4, -0.2) is 86.4 Å². The van der Waals surface area contributed by atoms with Gasteiger partial charge in [-0.2, -0.15) is 0 Å². The normalized spacial score (nSPS) is 17.3. The summed E-state index contributed by atoms with van der Waals surface area (Å²) in [7, 11) is 1.63. The molecule has 2 aliphatic rings. The molecule has 1 aromatic carbocycles. The summed E-state index contributed by atoms with van der Waals surface area (Å²) in [5, 5.41) is 9.93. The Morgan fingerprint density at radius 2 is 1.85 bits per heavy atom. The number of pyridine rings is 1. The molecule has 0 spiro atoms. The van der Waals surface area contributed by atoms with E-state index in [9.17, 15) is 4.79 Å². The monoisotopic (exact) mass is 600 g/mol. The second-order valence-electron chi connectivity index (χ2n) is 10.2. The van der Waals surface area contributed by atoms with Gasteiger partial charge in [0, 0.05) is 68.0 Å². The number of aromatic nitrogens is 1. The molecule has 3 heterocycles. The third-order valence-corrected chi connectivity index (χ3v) is 7.52. The number of ether oxygens (including phenoxy) is 1. The minimum Gasteiger partial charge on any atom is -0.442 e. The average molecular weight is 602 g/mol. The molecule has 0 unspecified atom stereocenters. The van der Waals surface area contributed by atoms with Gasteiger partial charge in [-0.25, -0.2) is 19.8 Å². The number of benzene rings is 1. The number of amides is 2. The van der Waals surface area contributed by atoms with Crippen LogP contribution in [-0.2, 0) is 6.54 Å². The van der Waals surface area contributed by atoms with Gasteiger partial charge in [0.1, 0.15) is 5.76 Å². The van der Waals surface area contributed by atoms with Crippen molar-refractivity contribution in [2.75, 3.05) is 52.9 Å². The van der Waals surface area contributed by atoms with E-state index in [0.717, 1.165) is 75.5 Å². The minimum atomic E-state index is -0.138. The van der Waals surface area contributed by atoms with E-state index in [1.165, 1.54) is 0 Å². The predicted octanol–water partition coefficient (Wildman–Crippen LogP) is 4.40. The van der Waals surface area contributed by atoms with Crippen LogP contribution in [0.1, 0.15) is 25.3 Å². The molecule has 0 aliphatic carbocycles. The summed E-state index contributed by atoms with van der Waals surface area (Å²) in [6.45, 7) is 12.2. The summed E-state index contributed by atoms with van der Waals surface area (Å²) in [5.41, 5.74) is 2.59. The summed E-state index contributed by atoms with van der Waals surface area (Å²) in [5.74, 6) is 2.07. The molecule has 2 saturated heterocycles. The topological polar surface area (TPSA) is 106 Å². The van der Waals surface area contributed by atoms with E-state index in [4.69, 9.17) is 32.9 Å².